The zero-order valence-electron chi connectivity index (χ0n) is 31.2. The van der Waals surface area contributed by atoms with E-state index in [-0.39, 0.29) is 24.7 Å². The van der Waals surface area contributed by atoms with Crippen molar-refractivity contribution < 1.29 is 38.9 Å². The summed E-state index contributed by atoms with van der Waals surface area (Å²) in [5.41, 5.74) is -0.0217. The summed E-state index contributed by atoms with van der Waals surface area (Å²) < 4.78 is 10.7. The van der Waals surface area contributed by atoms with Gasteiger partial charge in [0.1, 0.15) is 35.5 Å². The van der Waals surface area contributed by atoms with Crippen molar-refractivity contribution in [2.45, 2.75) is 130 Å². The highest BCUT2D eigenvalue weighted by molar-refractivity contribution is 5.87. The van der Waals surface area contributed by atoms with Crippen LogP contribution in [0, 0.1) is 11.8 Å². The van der Waals surface area contributed by atoms with E-state index in [0.717, 1.165) is 11.1 Å². The molecule has 2 aromatic rings. The van der Waals surface area contributed by atoms with Crippen LogP contribution in [-0.2, 0) is 31.9 Å². The maximum Gasteiger partial charge on any atom is 0.408 e. The highest BCUT2D eigenvalue weighted by atomic mass is 16.6. The molecule has 0 saturated heterocycles. The Morgan fingerprint density at radius 2 is 0.860 bits per heavy atom. The van der Waals surface area contributed by atoms with Crippen LogP contribution in [0.3, 0.4) is 0 Å². The molecule has 0 aliphatic rings. The number of aliphatic hydroxyl groups is 2. The average molecular weight is 699 g/mol. The minimum absolute atomic E-state index is 0.128. The minimum Gasteiger partial charge on any atom is -0.444 e. The first-order chi connectivity index (χ1) is 23.2. The van der Waals surface area contributed by atoms with Crippen molar-refractivity contribution in [1.82, 2.24) is 21.3 Å². The Balaban J connectivity index is 2.43. The van der Waals surface area contributed by atoms with Crippen LogP contribution in [0.4, 0.5) is 9.59 Å². The maximum atomic E-state index is 13.7. The highest BCUT2D eigenvalue weighted by Crippen LogP contribution is 2.17. The van der Waals surface area contributed by atoms with Gasteiger partial charge in [0.25, 0.3) is 0 Å². The van der Waals surface area contributed by atoms with Gasteiger partial charge in [0, 0.05) is 0 Å². The molecule has 278 valence electrons. The molecule has 50 heavy (non-hydrogen) atoms. The van der Waals surface area contributed by atoms with E-state index in [1.165, 1.54) is 0 Å². The van der Waals surface area contributed by atoms with Crippen molar-refractivity contribution in [3.8, 4) is 0 Å². The van der Waals surface area contributed by atoms with Gasteiger partial charge in [-0.1, -0.05) is 88.4 Å². The summed E-state index contributed by atoms with van der Waals surface area (Å²) in [6.07, 6.45) is -4.45. The Hall–Kier alpha value is -4.16. The van der Waals surface area contributed by atoms with Gasteiger partial charge in [-0.15, -0.1) is 0 Å². The number of carbonyl (C=O) groups is 4. The van der Waals surface area contributed by atoms with Gasteiger partial charge in [-0.3, -0.25) is 9.59 Å². The van der Waals surface area contributed by atoms with Crippen molar-refractivity contribution >= 4 is 24.0 Å². The quantitative estimate of drug-likeness (QED) is 0.160. The Labute approximate surface area is 297 Å². The molecule has 0 unspecified atom stereocenters. The van der Waals surface area contributed by atoms with Crippen LogP contribution in [0.25, 0.3) is 0 Å². The topological polar surface area (TPSA) is 175 Å². The molecule has 0 aliphatic carbocycles. The third-order valence-electron chi connectivity index (χ3n) is 7.67. The van der Waals surface area contributed by atoms with Gasteiger partial charge in [0.15, 0.2) is 0 Å². The van der Waals surface area contributed by atoms with Crippen LogP contribution in [0.1, 0.15) is 80.4 Å². The number of ether oxygens (including phenoxy) is 2. The second-order valence-corrected chi connectivity index (χ2v) is 15.3. The fourth-order valence-corrected chi connectivity index (χ4v) is 5.21. The van der Waals surface area contributed by atoms with E-state index in [9.17, 15) is 29.4 Å². The number of amides is 4. The summed E-state index contributed by atoms with van der Waals surface area (Å²) in [6.45, 7) is 17.3. The monoisotopic (exact) mass is 698 g/mol. The fraction of sp³-hybridized carbons (Fsp3) is 0.579. The average Bonchev–Trinajstić information content (AvgIpc) is 3.00. The Morgan fingerprint density at radius 1 is 0.560 bits per heavy atom. The number of rotatable bonds is 15. The van der Waals surface area contributed by atoms with Crippen LogP contribution in [0.5, 0.6) is 0 Å². The van der Waals surface area contributed by atoms with Crippen molar-refractivity contribution in [1.29, 1.82) is 0 Å². The van der Waals surface area contributed by atoms with Crippen LogP contribution >= 0.6 is 0 Å². The summed E-state index contributed by atoms with van der Waals surface area (Å²) in [6, 6.07) is 14.2. The van der Waals surface area contributed by atoms with Gasteiger partial charge in [0.2, 0.25) is 11.8 Å². The van der Waals surface area contributed by atoms with Crippen molar-refractivity contribution in [2.75, 3.05) is 0 Å². The standard InChI is InChI=1S/C38H58N4O8/c1-23(2)29(41-35(47)49-37(5,6)7)33(45)39-27(21-25-17-13-11-14-18-25)31(43)32(44)28(22-26-19-15-12-16-20-26)40-34(46)30(24(3)4)42-36(48)50-38(8,9)10/h11-20,23-24,27-32,43-44H,21-22H2,1-10H3,(H,39,45)(H,40,46)(H,41,47)(H,42,48)/t27-,28-,29-,30-,31-,32+/m0/s1. The van der Waals surface area contributed by atoms with Crippen LogP contribution in [-0.4, -0.2) is 81.8 Å². The zero-order chi connectivity index (χ0) is 37.8. The number of aliphatic hydroxyl groups excluding tert-OH is 2. The van der Waals surface area contributed by atoms with Gasteiger partial charge in [0.05, 0.1) is 12.1 Å². The van der Waals surface area contributed by atoms with E-state index in [1.54, 1.807) is 69.2 Å². The van der Waals surface area contributed by atoms with Gasteiger partial charge in [-0.05, 0) is 77.3 Å². The lowest BCUT2D eigenvalue weighted by molar-refractivity contribution is -0.129. The molecule has 0 saturated carbocycles. The lowest BCUT2D eigenvalue weighted by Gasteiger charge is -2.35. The molecule has 0 fully saturated rings. The molecule has 0 bridgehead atoms. The number of hydrogen-bond acceptors (Lipinski definition) is 8. The lowest BCUT2D eigenvalue weighted by atomic mass is 9.90. The predicted octanol–water partition coefficient (Wildman–Crippen LogP) is 4.26. The molecule has 4 amide bonds. The molecule has 6 N–H and O–H groups in total. The summed E-state index contributed by atoms with van der Waals surface area (Å²) in [5.74, 6) is -1.86. The molecule has 0 heterocycles. The maximum absolute atomic E-state index is 13.7. The third-order valence-corrected chi connectivity index (χ3v) is 7.67. The van der Waals surface area contributed by atoms with E-state index in [4.69, 9.17) is 9.47 Å². The largest absolute Gasteiger partial charge is 0.444 e. The summed E-state index contributed by atoms with van der Waals surface area (Å²) in [5, 5.41) is 34.6. The van der Waals surface area contributed by atoms with E-state index in [0.29, 0.717) is 0 Å². The van der Waals surface area contributed by atoms with E-state index < -0.39 is 71.6 Å². The van der Waals surface area contributed by atoms with E-state index in [1.807, 2.05) is 60.7 Å². The molecular weight excluding hydrogens is 640 g/mol. The molecule has 12 heteroatoms. The molecule has 0 radical (unpaired) electrons. The number of benzene rings is 2. The smallest absolute Gasteiger partial charge is 0.408 e. The van der Waals surface area contributed by atoms with Crippen molar-refractivity contribution in [3.05, 3.63) is 71.8 Å². The first kappa shape index (κ1) is 42.0. The van der Waals surface area contributed by atoms with Crippen molar-refractivity contribution in [2.24, 2.45) is 11.8 Å². The molecule has 6 atom stereocenters. The molecule has 2 aromatic carbocycles. The summed E-state index contributed by atoms with van der Waals surface area (Å²) in [4.78, 5) is 52.7. The van der Waals surface area contributed by atoms with Gasteiger partial charge < -0.3 is 41.0 Å². The second-order valence-electron chi connectivity index (χ2n) is 15.3. The van der Waals surface area contributed by atoms with E-state index >= 15 is 0 Å². The molecule has 0 spiro atoms. The number of carbonyl (C=O) groups excluding carboxylic acids is 4. The van der Waals surface area contributed by atoms with Crippen LogP contribution < -0.4 is 21.3 Å². The van der Waals surface area contributed by atoms with E-state index in [2.05, 4.69) is 21.3 Å². The van der Waals surface area contributed by atoms with Gasteiger partial charge in [-0.25, -0.2) is 9.59 Å². The first-order valence-electron chi connectivity index (χ1n) is 17.2. The molecule has 0 aliphatic heterocycles. The predicted molar refractivity (Wildman–Crippen MR) is 192 cm³/mol. The molecule has 12 nitrogen and oxygen atoms in total. The SMILES string of the molecule is CC(C)[C@H](NC(=O)OC(C)(C)C)C(=O)N[C@@H](Cc1ccccc1)[C@H](O)[C@H](O)[C@H](Cc1ccccc1)NC(=O)[C@@H](NC(=O)OC(C)(C)C)C(C)C. The summed E-state index contributed by atoms with van der Waals surface area (Å²) in [7, 11) is 0. The summed E-state index contributed by atoms with van der Waals surface area (Å²) >= 11 is 0. The van der Waals surface area contributed by atoms with Crippen LogP contribution in [0.2, 0.25) is 0 Å². The number of hydrogen-bond donors (Lipinski definition) is 6. The molecule has 0 aromatic heterocycles. The van der Waals surface area contributed by atoms with Crippen molar-refractivity contribution in [3.63, 3.8) is 0 Å². The number of alkyl carbamates (subject to hydrolysis) is 2. The Morgan fingerprint density at radius 3 is 1.12 bits per heavy atom. The molecule has 2 rings (SSSR count). The zero-order valence-corrected chi connectivity index (χ0v) is 31.2. The normalized spacial score (nSPS) is 15.6. The van der Waals surface area contributed by atoms with Gasteiger partial charge >= 0.3 is 12.2 Å². The minimum atomic E-state index is -1.58. The Bertz CT molecular complexity index is 1270. The fourth-order valence-electron chi connectivity index (χ4n) is 5.21. The third kappa shape index (κ3) is 14.8. The van der Waals surface area contributed by atoms with Gasteiger partial charge in [-0.2, -0.15) is 0 Å². The second kappa shape index (κ2) is 18.7. The Kier molecular flexibility index (Phi) is 15.7. The highest BCUT2D eigenvalue weighted by Gasteiger charge is 2.38. The molecular formula is C38H58N4O8. The number of nitrogens with one attached hydrogen (secondary N) is 4. The first-order valence-corrected chi connectivity index (χ1v) is 17.2. The lowest BCUT2D eigenvalue weighted by Crippen LogP contribution is -2.61. The van der Waals surface area contributed by atoms with Crippen LogP contribution in [0.15, 0.2) is 60.7 Å².